The Balaban J connectivity index is 2.17. The molecule has 0 aliphatic heterocycles. The van der Waals surface area contributed by atoms with Gasteiger partial charge >= 0.3 is 0 Å². The third-order valence-electron chi connectivity index (χ3n) is 2.69. The van der Waals surface area contributed by atoms with E-state index in [4.69, 9.17) is 0 Å². The third kappa shape index (κ3) is 4.44. The van der Waals surface area contributed by atoms with Crippen molar-refractivity contribution in [3.05, 3.63) is 74.2 Å². The van der Waals surface area contributed by atoms with Crippen molar-refractivity contribution in [1.82, 2.24) is 0 Å². The monoisotopic (exact) mass is 378 g/mol. The molecule has 0 aromatic heterocycles. The molecule has 0 atom stereocenters. The zero-order valence-electron chi connectivity index (χ0n) is 10.1. The summed E-state index contributed by atoms with van der Waals surface area (Å²) in [6, 6.07) is 15.9. The second kappa shape index (κ2) is 6.83. The minimum Gasteiger partial charge on any atom is -0.298 e. The molecule has 2 rings (SSSR count). The molecule has 0 saturated heterocycles. The largest absolute Gasteiger partial charge is 0.298 e. The molecule has 0 bridgehead atoms. The van der Waals surface area contributed by atoms with Crippen molar-refractivity contribution in [1.29, 1.82) is 0 Å². The Hall–Kier alpha value is -1.19. The van der Waals surface area contributed by atoms with E-state index < -0.39 is 0 Å². The number of allylic oxidation sites excluding steroid dienone is 1. The first-order valence-electron chi connectivity index (χ1n) is 5.83. The van der Waals surface area contributed by atoms with Gasteiger partial charge in [0.05, 0.1) is 0 Å². The normalized spacial score (nSPS) is 11.4. The van der Waals surface area contributed by atoms with Crippen LogP contribution in [-0.2, 0) is 11.2 Å². The van der Waals surface area contributed by atoms with Crippen LogP contribution in [0.3, 0.4) is 0 Å². The van der Waals surface area contributed by atoms with Gasteiger partial charge in [0.25, 0.3) is 0 Å². The van der Waals surface area contributed by atoms with Crippen LogP contribution in [0.2, 0.25) is 0 Å². The molecule has 0 radical (unpaired) electrons. The standard InChI is InChI=1S/C16H12Br2O/c17-15-5-1-12(2-6-15)9-14(11-19)10-13-3-7-16(18)8-4-13/h1-9,11H,10H2/b14-9+. The van der Waals surface area contributed by atoms with Crippen LogP contribution in [0.5, 0.6) is 0 Å². The predicted octanol–water partition coefficient (Wildman–Crippen LogP) is 5.04. The Morgan fingerprint density at radius 3 is 1.95 bits per heavy atom. The highest BCUT2D eigenvalue weighted by Gasteiger charge is 2.00. The van der Waals surface area contributed by atoms with Gasteiger partial charge in [-0.25, -0.2) is 0 Å². The summed E-state index contributed by atoms with van der Waals surface area (Å²) in [5, 5.41) is 0. The van der Waals surface area contributed by atoms with E-state index in [2.05, 4.69) is 31.9 Å². The Morgan fingerprint density at radius 2 is 1.42 bits per heavy atom. The Labute approximate surface area is 129 Å². The maximum absolute atomic E-state index is 11.2. The van der Waals surface area contributed by atoms with Gasteiger partial charge in [-0.05, 0) is 47.0 Å². The van der Waals surface area contributed by atoms with Crippen molar-refractivity contribution in [3.63, 3.8) is 0 Å². The maximum atomic E-state index is 11.2. The minimum absolute atomic E-state index is 0.646. The molecule has 1 nitrogen and oxygen atoms in total. The highest BCUT2D eigenvalue weighted by Crippen LogP contribution is 2.16. The fourth-order valence-electron chi connectivity index (χ4n) is 1.74. The van der Waals surface area contributed by atoms with E-state index in [0.29, 0.717) is 6.42 Å². The summed E-state index contributed by atoms with van der Waals surface area (Å²) in [5.74, 6) is 0. The fraction of sp³-hybridized carbons (Fsp3) is 0.0625. The lowest BCUT2D eigenvalue weighted by molar-refractivity contribution is -0.104. The van der Waals surface area contributed by atoms with Gasteiger partial charge < -0.3 is 0 Å². The molecule has 0 aliphatic rings. The highest BCUT2D eigenvalue weighted by molar-refractivity contribution is 9.10. The molecule has 96 valence electrons. The van der Waals surface area contributed by atoms with Gasteiger partial charge in [0.2, 0.25) is 0 Å². The molecule has 0 spiro atoms. The van der Waals surface area contributed by atoms with E-state index in [1.165, 1.54) is 0 Å². The quantitative estimate of drug-likeness (QED) is 0.537. The van der Waals surface area contributed by atoms with Gasteiger partial charge in [0.1, 0.15) is 6.29 Å². The molecule has 0 amide bonds. The zero-order valence-corrected chi connectivity index (χ0v) is 13.3. The van der Waals surface area contributed by atoms with E-state index in [1.807, 2.05) is 54.6 Å². The summed E-state index contributed by atoms with van der Waals surface area (Å²) in [6.07, 6.45) is 3.48. The lowest BCUT2D eigenvalue weighted by Crippen LogP contribution is -1.92. The van der Waals surface area contributed by atoms with Crippen LogP contribution in [-0.4, -0.2) is 6.29 Å². The minimum atomic E-state index is 0.646. The Morgan fingerprint density at radius 1 is 0.895 bits per heavy atom. The van der Waals surface area contributed by atoms with Crippen LogP contribution < -0.4 is 0 Å². The van der Waals surface area contributed by atoms with Crippen LogP contribution in [0.15, 0.2) is 63.0 Å². The van der Waals surface area contributed by atoms with E-state index in [0.717, 1.165) is 31.9 Å². The van der Waals surface area contributed by atoms with Crippen molar-refractivity contribution < 1.29 is 4.79 Å². The molecule has 0 fully saturated rings. The SMILES string of the molecule is O=C/C(=C/c1ccc(Br)cc1)Cc1ccc(Br)cc1. The lowest BCUT2D eigenvalue weighted by Gasteiger charge is -2.02. The first-order valence-corrected chi connectivity index (χ1v) is 7.42. The number of rotatable bonds is 4. The fourth-order valence-corrected chi connectivity index (χ4v) is 2.27. The number of carbonyl (C=O) groups is 1. The van der Waals surface area contributed by atoms with Crippen molar-refractivity contribution in [2.75, 3.05) is 0 Å². The van der Waals surface area contributed by atoms with Gasteiger partial charge in [-0.1, -0.05) is 56.1 Å². The number of benzene rings is 2. The summed E-state index contributed by atoms with van der Waals surface area (Å²) < 4.78 is 2.08. The third-order valence-corrected chi connectivity index (χ3v) is 3.75. The molecule has 2 aromatic carbocycles. The topological polar surface area (TPSA) is 17.1 Å². The van der Waals surface area contributed by atoms with E-state index in [-0.39, 0.29) is 0 Å². The van der Waals surface area contributed by atoms with Crippen molar-refractivity contribution in [3.8, 4) is 0 Å². The average Bonchev–Trinajstić information content (AvgIpc) is 2.43. The molecule has 0 aliphatic carbocycles. The smallest absolute Gasteiger partial charge is 0.146 e. The molecule has 19 heavy (non-hydrogen) atoms. The van der Waals surface area contributed by atoms with Gasteiger partial charge in [0, 0.05) is 15.4 Å². The number of hydrogen-bond acceptors (Lipinski definition) is 1. The number of hydrogen-bond donors (Lipinski definition) is 0. The lowest BCUT2D eigenvalue weighted by atomic mass is 10.0. The van der Waals surface area contributed by atoms with Crippen LogP contribution in [0.4, 0.5) is 0 Å². The Bertz CT molecular complexity index is 583. The van der Waals surface area contributed by atoms with Gasteiger partial charge in [-0.2, -0.15) is 0 Å². The number of halogens is 2. The molecule has 0 heterocycles. The van der Waals surface area contributed by atoms with Crippen LogP contribution in [0.25, 0.3) is 6.08 Å². The van der Waals surface area contributed by atoms with Crippen LogP contribution >= 0.6 is 31.9 Å². The second-order valence-electron chi connectivity index (χ2n) is 4.19. The number of aldehydes is 1. The molecular formula is C16H12Br2O. The van der Waals surface area contributed by atoms with Crippen LogP contribution in [0.1, 0.15) is 11.1 Å². The predicted molar refractivity (Wildman–Crippen MR) is 86.0 cm³/mol. The van der Waals surface area contributed by atoms with Gasteiger partial charge in [-0.15, -0.1) is 0 Å². The maximum Gasteiger partial charge on any atom is 0.146 e. The first-order chi connectivity index (χ1) is 9.17. The summed E-state index contributed by atoms with van der Waals surface area (Å²) in [7, 11) is 0. The van der Waals surface area contributed by atoms with E-state index in [9.17, 15) is 4.79 Å². The summed E-state index contributed by atoms with van der Waals surface area (Å²) in [6.45, 7) is 0. The summed E-state index contributed by atoms with van der Waals surface area (Å²) >= 11 is 6.80. The van der Waals surface area contributed by atoms with Crippen molar-refractivity contribution in [2.24, 2.45) is 0 Å². The first kappa shape index (κ1) is 14.2. The highest BCUT2D eigenvalue weighted by atomic mass is 79.9. The van der Waals surface area contributed by atoms with E-state index in [1.54, 1.807) is 0 Å². The van der Waals surface area contributed by atoms with E-state index >= 15 is 0 Å². The molecule has 3 heteroatoms. The van der Waals surface area contributed by atoms with Gasteiger partial charge in [-0.3, -0.25) is 4.79 Å². The van der Waals surface area contributed by atoms with Gasteiger partial charge in [0.15, 0.2) is 0 Å². The molecule has 0 N–H and O–H groups in total. The summed E-state index contributed by atoms with van der Waals surface area (Å²) in [4.78, 5) is 11.2. The second-order valence-corrected chi connectivity index (χ2v) is 6.02. The Kier molecular flexibility index (Phi) is 5.11. The zero-order chi connectivity index (χ0) is 13.7. The van der Waals surface area contributed by atoms with Crippen molar-refractivity contribution >= 4 is 44.2 Å². The molecule has 0 unspecified atom stereocenters. The molecule has 2 aromatic rings. The average molecular weight is 380 g/mol. The molecule has 0 saturated carbocycles. The summed E-state index contributed by atoms with van der Waals surface area (Å²) in [5.41, 5.74) is 2.92. The van der Waals surface area contributed by atoms with Crippen LogP contribution in [0, 0.1) is 0 Å². The molecular weight excluding hydrogens is 368 g/mol. The van der Waals surface area contributed by atoms with Crippen molar-refractivity contribution in [2.45, 2.75) is 6.42 Å². The number of carbonyl (C=O) groups excluding carboxylic acids is 1.